The predicted octanol–water partition coefficient (Wildman–Crippen LogP) is 5.47. The van der Waals surface area contributed by atoms with E-state index in [4.69, 9.17) is 23.2 Å². The van der Waals surface area contributed by atoms with Crippen molar-refractivity contribution in [2.24, 2.45) is 5.10 Å². The summed E-state index contributed by atoms with van der Waals surface area (Å²) in [5.41, 5.74) is 4.92. The van der Waals surface area contributed by atoms with E-state index >= 15 is 0 Å². The minimum atomic E-state index is -0.511. The molecule has 3 aromatic rings. The summed E-state index contributed by atoms with van der Waals surface area (Å²) in [6.07, 6.45) is 1.23. The first kappa shape index (κ1) is 19.9. The third-order valence-electron chi connectivity index (χ3n) is 4.19. The van der Waals surface area contributed by atoms with Crippen molar-refractivity contribution in [2.75, 3.05) is 0 Å². The monoisotopic (exact) mass is 412 g/mol. The van der Waals surface area contributed by atoms with Crippen molar-refractivity contribution < 1.29 is 9.90 Å². The summed E-state index contributed by atoms with van der Waals surface area (Å²) in [7, 11) is 0. The van der Waals surface area contributed by atoms with Crippen LogP contribution in [0.15, 0.2) is 77.9 Å². The molecule has 0 aromatic heterocycles. The number of phenols is 1. The van der Waals surface area contributed by atoms with Crippen molar-refractivity contribution in [1.82, 2.24) is 5.43 Å². The Morgan fingerprint density at radius 2 is 1.54 bits per heavy atom. The minimum absolute atomic E-state index is 0.0966. The fourth-order valence-corrected chi connectivity index (χ4v) is 3.33. The van der Waals surface area contributed by atoms with Gasteiger partial charge in [0.25, 0.3) is 5.91 Å². The van der Waals surface area contributed by atoms with Crippen LogP contribution >= 0.6 is 23.2 Å². The molecule has 0 fully saturated rings. The third-order valence-corrected chi connectivity index (χ3v) is 4.82. The zero-order valence-electron chi connectivity index (χ0n) is 14.9. The maximum Gasteiger partial charge on any atom is 0.274 e. The second-order valence-electron chi connectivity index (χ2n) is 6.10. The molecule has 4 nitrogen and oxygen atoms in total. The largest absolute Gasteiger partial charge is 0.507 e. The number of rotatable bonds is 6. The molecule has 6 heteroatoms. The number of carbonyl (C=O) groups excluding carboxylic acids is 1. The van der Waals surface area contributed by atoms with E-state index in [1.54, 1.807) is 42.5 Å². The molecule has 0 aliphatic carbocycles. The number of hydrogen-bond donors (Lipinski definition) is 2. The Morgan fingerprint density at radius 1 is 0.893 bits per heavy atom. The molecule has 3 aromatic carbocycles. The number of benzene rings is 3. The highest BCUT2D eigenvalue weighted by atomic mass is 35.5. The molecule has 0 aliphatic rings. The second-order valence-corrected chi connectivity index (χ2v) is 6.91. The molecule has 0 spiro atoms. The summed E-state index contributed by atoms with van der Waals surface area (Å²) >= 11 is 12.2. The number of nitrogens with one attached hydrogen (secondary N) is 1. The van der Waals surface area contributed by atoms with Gasteiger partial charge in [0.2, 0.25) is 0 Å². The lowest BCUT2D eigenvalue weighted by Crippen LogP contribution is -2.21. The van der Waals surface area contributed by atoms with Gasteiger partial charge in [-0.2, -0.15) is 5.10 Å². The molecule has 142 valence electrons. The highest BCUT2D eigenvalue weighted by Crippen LogP contribution is 2.24. The Morgan fingerprint density at radius 3 is 2.21 bits per heavy atom. The number of amides is 1. The molecule has 0 aliphatic heterocycles. The highest BCUT2D eigenvalue weighted by Gasteiger charge is 2.15. The molecule has 28 heavy (non-hydrogen) atoms. The van der Waals surface area contributed by atoms with Crippen molar-refractivity contribution >= 4 is 34.8 Å². The topological polar surface area (TPSA) is 61.7 Å². The van der Waals surface area contributed by atoms with Gasteiger partial charge in [-0.15, -0.1) is 0 Å². The number of hydrogen-bond acceptors (Lipinski definition) is 3. The van der Waals surface area contributed by atoms with Crippen LogP contribution < -0.4 is 5.43 Å². The molecule has 0 unspecified atom stereocenters. The van der Waals surface area contributed by atoms with Crippen LogP contribution in [0.4, 0.5) is 0 Å². The average molecular weight is 413 g/mol. The van der Waals surface area contributed by atoms with Crippen LogP contribution in [0, 0.1) is 0 Å². The average Bonchev–Trinajstić information content (AvgIpc) is 2.69. The van der Waals surface area contributed by atoms with Crippen LogP contribution in [0.5, 0.6) is 5.75 Å². The van der Waals surface area contributed by atoms with Crippen LogP contribution in [-0.2, 0) is 6.42 Å². The van der Waals surface area contributed by atoms with Gasteiger partial charge in [-0.1, -0.05) is 71.7 Å². The zero-order chi connectivity index (χ0) is 19.9. The van der Waals surface area contributed by atoms with Gasteiger partial charge in [-0.3, -0.25) is 4.79 Å². The standard InChI is InChI=1S/C22H18Cl2N2O2/c23-17-10-6-11-18(24)21(17)22(28)26-25-19(16-9-4-5-12-20(16)27)14-13-15-7-2-1-3-8-15/h1-12,27H,13-14H2,(H,26,28). The van der Waals surface area contributed by atoms with Crippen LogP contribution in [0.2, 0.25) is 10.0 Å². The van der Waals surface area contributed by atoms with E-state index in [0.29, 0.717) is 24.1 Å². The van der Waals surface area contributed by atoms with Crippen molar-refractivity contribution in [2.45, 2.75) is 12.8 Å². The number of aromatic hydroxyl groups is 1. The number of para-hydroxylation sites is 1. The third kappa shape index (κ3) is 4.91. The Kier molecular flexibility index (Phi) is 6.69. The van der Waals surface area contributed by atoms with Gasteiger partial charge in [0.05, 0.1) is 21.3 Å². The fourth-order valence-electron chi connectivity index (χ4n) is 2.76. The van der Waals surface area contributed by atoms with Gasteiger partial charge < -0.3 is 5.11 Å². The van der Waals surface area contributed by atoms with E-state index in [0.717, 1.165) is 5.56 Å². The van der Waals surface area contributed by atoms with E-state index in [1.807, 2.05) is 30.3 Å². The Labute approximate surface area is 173 Å². The first-order chi connectivity index (χ1) is 13.6. The Hall–Kier alpha value is -2.82. The zero-order valence-corrected chi connectivity index (χ0v) is 16.4. The number of nitrogens with zero attached hydrogens (tertiary/aromatic N) is 1. The van der Waals surface area contributed by atoms with Gasteiger partial charge in [0.15, 0.2) is 0 Å². The van der Waals surface area contributed by atoms with Gasteiger partial charge in [0, 0.05) is 5.56 Å². The van der Waals surface area contributed by atoms with Crippen molar-refractivity contribution in [1.29, 1.82) is 0 Å². The highest BCUT2D eigenvalue weighted by molar-refractivity contribution is 6.39. The van der Waals surface area contributed by atoms with Crippen molar-refractivity contribution in [3.05, 3.63) is 99.5 Å². The van der Waals surface area contributed by atoms with E-state index in [9.17, 15) is 9.90 Å². The maximum atomic E-state index is 12.5. The predicted molar refractivity (Wildman–Crippen MR) is 113 cm³/mol. The molecule has 0 bridgehead atoms. The summed E-state index contributed by atoms with van der Waals surface area (Å²) in [5.74, 6) is -0.414. The van der Waals surface area contributed by atoms with E-state index < -0.39 is 5.91 Å². The SMILES string of the molecule is O=C(NN=C(CCc1ccccc1)c1ccccc1O)c1c(Cl)cccc1Cl. The lowest BCUT2D eigenvalue weighted by atomic mass is 10.0. The van der Waals surface area contributed by atoms with E-state index in [-0.39, 0.29) is 21.4 Å². The lowest BCUT2D eigenvalue weighted by Gasteiger charge is -2.10. The summed E-state index contributed by atoms with van der Waals surface area (Å²) in [6.45, 7) is 0. The molecule has 0 atom stereocenters. The molecule has 0 heterocycles. The van der Waals surface area contributed by atoms with Gasteiger partial charge >= 0.3 is 0 Å². The first-order valence-corrected chi connectivity index (χ1v) is 9.45. The molecule has 0 saturated heterocycles. The molecular formula is C22H18Cl2N2O2. The second kappa shape index (κ2) is 9.40. The molecular weight excluding hydrogens is 395 g/mol. The summed E-state index contributed by atoms with van der Waals surface area (Å²) in [6, 6.07) is 21.6. The molecule has 0 saturated carbocycles. The van der Waals surface area contributed by atoms with Crippen LogP contribution in [0.25, 0.3) is 0 Å². The van der Waals surface area contributed by atoms with Crippen LogP contribution in [-0.4, -0.2) is 16.7 Å². The molecule has 2 N–H and O–H groups in total. The van der Waals surface area contributed by atoms with Crippen molar-refractivity contribution in [3.63, 3.8) is 0 Å². The lowest BCUT2D eigenvalue weighted by molar-refractivity contribution is 0.0955. The summed E-state index contributed by atoms with van der Waals surface area (Å²) in [4.78, 5) is 12.5. The van der Waals surface area contributed by atoms with E-state index in [2.05, 4.69) is 10.5 Å². The van der Waals surface area contributed by atoms with Gasteiger partial charge in [-0.05, 0) is 42.7 Å². The summed E-state index contributed by atoms with van der Waals surface area (Å²) < 4.78 is 0. The first-order valence-electron chi connectivity index (χ1n) is 8.69. The number of halogens is 2. The normalized spacial score (nSPS) is 11.3. The van der Waals surface area contributed by atoms with Gasteiger partial charge in [0.1, 0.15) is 5.75 Å². The van der Waals surface area contributed by atoms with E-state index in [1.165, 1.54) is 0 Å². The molecule has 0 radical (unpaired) electrons. The smallest absolute Gasteiger partial charge is 0.274 e. The Balaban J connectivity index is 1.85. The quantitative estimate of drug-likeness (QED) is 0.416. The number of aryl methyl sites for hydroxylation is 1. The van der Waals surface area contributed by atoms with Crippen LogP contribution in [0.1, 0.15) is 27.9 Å². The number of carbonyl (C=O) groups is 1. The Bertz CT molecular complexity index is 984. The van der Waals surface area contributed by atoms with Crippen LogP contribution in [0.3, 0.4) is 0 Å². The molecule has 3 rings (SSSR count). The fraction of sp³-hybridized carbons (Fsp3) is 0.0909. The molecule has 1 amide bonds. The summed E-state index contributed by atoms with van der Waals surface area (Å²) in [5, 5.41) is 15.0. The number of hydrazone groups is 1. The maximum absolute atomic E-state index is 12.5. The number of phenolic OH excluding ortho intramolecular Hbond substituents is 1. The van der Waals surface area contributed by atoms with Crippen molar-refractivity contribution in [3.8, 4) is 5.75 Å². The van der Waals surface area contributed by atoms with Gasteiger partial charge in [-0.25, -0.2) is 5.43 Å². The minimum Gasteiger partial charge on any atom is -0.507 e.